The highest BCUT2D eigenvalue weighted by atomic mass is 16.5. The summed E-state index contributed by atoms with van der Waals surface area (Å²) in [5.74, 6) is -0.503. The number of fused-ring (bicyclic) bond motifs is 2. The van der Waals surface area contributed by atoms with Crippen molar-refractivity contribution in [2.24, 2.45) is 11.3 Å². The number of hydrogen-bond acceptors (Lipinski definition) is 3. The molecule has 1 aliphatic carbocycles. The number of aliphatic hydroxyl groups excluding tert-OH is 1. The first kappa shape index (κ1) is 11.5. The van der Waals surface area contributed by atoms with Crippen LogP contribution in [-0.4, -0.2) is 34.5 Å². The number of aliphatic hydroxyl groups is 1. The molecule has 3 aliphatic rings. The molecular weight excluding hydrogens is 220 g/mol. The van der Waals surface area contributed by atoms with Gasteiger partial charge in [-0.1, -0.05) is 0 Å². The summed E-state index contributed by atoms with van der Waals surface area (Å²) >= 11 is 0. The van der Waals surface area contributed by atoms with Crippen LogP contribution in [0.2, 0.25) is 0 Å². The van der Waals surface area contributed by atoms with Crippen molar-refractivity contribution in [3.63, 3.8) is 0 Å². The molecule has 0 amide bonds. The van der Waals surface area contributed by atoms with Crippen molar-refractivity contribution in [2.75, 3.05) is 0 Å². The second kappa shape index (κ2) is 3.95. The van der Waals surface area contributed by atoms with Crippen LogP contribution in [0, 0.1) is 11.3 Å². The Kier molecular flexibility index (Phi) is 2.67. The van der Waals surface area contributed by atoms with Crippen LogP contribution in [0.3, 0.4) is 0 Å². The maximum absolute atomic E-state index is 11.7. The van der Waals surface area contributed by atoms with Gasteiger partial charge in [-0.05, 0) is 44.9 Å². The van der Waals surface area contributed by atoms with Gasteiger partial charge in [-0.25, -0.2) is 0 Å². The van der Waals surface area contributed by atoms with E-state index < -0.39 is 11.4 Å². The fourth-order valence-electron chi connectivity index (χ4n) is 4.08. The summed E-state index contributed by atoms with van der Waals surface area (Å²) in [4.78, 5) is 11.7. The maximum atomic E-state index is 11.7. The molecule has 3 fully saturated rings. The Labute approximate surface area is 101 Å². The topological polar surface area (TPSA) is 66.8 Å². The Morgan fingerprint density at radius 3 is 2.35 bits per heavy atom. The van der Waals surface area contributed by atoms with Crippen LogP contribution < -0.4 is 0 Å². The summed E-state index contributed by atoms with van der Waals surface area (Å²) in [7, 11) is 0. The molecule has 1 saturated carbocycles. The van der Waals surface area contributed by atoms with Crippen LogP contribution in [0.1, 0.15) is 44.9 Å². The Balaban J connectivity index is 1.83. The number of carboxylic acid groups (broad SMARTS) is 1. The second-order valence-electron chi connectivity index (χ2n) is 5.91. The highest BCUT2D eigenvalue weighted by molar-refractivity contribution is 5.75. The van der Waals surface area contributed by atoms with Gasteiger partial charge in [0.1, 0.15) is 0 Å². The molecule has 2 saturated heterocycles. The van der Waals surface area contributed by atoms with E-state index in [0.29, 0.717) is 31.8 Å². The number of ether oxygens (including phenoxy) is 1. The summed E-state index contributed by atoms with van der Waals surface area (Å²) in [6.07, 6.45) is 5.66. The Morgan fingerprint density at radius 2 is 1.88 bits per heavy atom. The molecule has 2 N–H and O–H groups in total. The average molecular weight is 240 g/mol. The third-order valence-electron chi connectivity index (χ3n) is 5.09. The van der Waals surface area contributed by atoms with Crippen LogP contribution in [0.25, 0.3) is 0 Å². The van der Waals surface area contributed by atoms with Crippen LogP contribution in [0.4, 0.5) is 0 Å². The van der Waals surface area contributed by atoms with Gasteiger partial charge in [0.2, 0.25) is 0 Å². The molecule has 96 valence electrons. The minimum Gasteiger partial charge on any atom is -0.481 e. The normalized spacial score (nSPS) is 49.5. The molecule has 0 spiro atoms. The van der Waals surface area contributed by atoms with Crippen molar-refractivity contribution >= 4 is 5.97 Å². The van der Waals surface area contributed by atoms with Crippen molar-refractivity contribution in [1.29, 1.82) is 0 Å². The molecular formula is C13H20O4. The maximum Gasteiger partial charge on any atom is 0.310 e. The first-order chi connectivity index (χ1) is 8.12. The van der Waals surface area contributed by atoms with E-state index in [1.165, 1.54) is 0 Å². The van der Waals surface area contributed by atoms with Gasteiger partial charge < -0.3 is 14.9 Å². The highest BCUT2D eigenvalue weighted by Gasteiger charge is 2.56. The van der Waals surface area contributed by atoms with Gasteiger partial charge in [-0.3, -0.25) is 4.79 Å². The number of rotatable bonds is 2. The van der Waals surface area contributed by atoms with E-state index in [1.54, 1.807) is 0 Å². The molecule has 3 atom stereocenters. The lowest BCUT2D eigenvalue weighted by Crippen LogP contribution is -2.46. The Hall–Kier alpha value is -0.610. The molecule has 0 aromatic carbocycles. The molecule has 3 unspecified atom stereocenters. The predicted octanol–water partition coefficient (Wildman–Crippen LogP) is 1.56. The molecule has 4 nitrogen and oxygen atoms in total. The summed E-state index contributed by atoms with van der Waals surface area (Å²) in [5, 5.41) is 19.2. The van der Waals surface area contributed by atoms with E-state index >= 15 is 0 Å². The van der Waals surface area contributed by atoms with Gasteiger partial charge in [0.05, 0.1) is 23.7 Å². The van der Waals surface area contributed by atoms with E-state index in [2.05, 4.69) is 0 Å². The standard InChI is InChI=1S/C13H20O4/c14-8-3-5-13(6-4-8,12(15)16)10-7-9-1-2-11(10)17-9/h8-11,14H,1-7H2,(H,15,16). The lowest BCUT2D eigenvalue weighted by molar-refractivity contribution is -0.159. The number of carbonyl (C=O) groups is 1. The first-order valence-electron chi connectivity index (χ1n) is 6.69. The highest BCUT2D eigenvalue weighted by Crippen LogP contribution is 2.53. The SMILES string of the molecule is O=C(O)C1(C2CC3CCC2O3)CCC(O)CC1. The predicted molar refractivity (Wildman–Crippen MR) is 60.5 cm³/mol. The van der Waals surface area contributed by atoms with E-state index in [0.717, 1.165) is 19.3 Å². The monoisotopic (exact) mass is 240 g/mol. The molecule has 2 bridgehead atoms. The van der Waals surface area contributed by atoms with Crippen molar-refractivity contribution in [3.05, 3.63) is 0 Å². The smallest absolute Gasteiger partial charge is 0.310 e. The van der Waals surface area contributed by atoms with Crippen molar-refractivity contribution in [3.8, 4) is 0 Å². The number of carboxylic acids is 1. The quantitative estimate of drug-likeness (QED) is 0.768. The van der Waals surface area contributed by atoms with Crippen molar-refractivity contribution in [2.45, 2.75) is 63.3 Å². The summed E-state index contributed by atoms with van der Waals surface area (Å²) in [5.41, 5.74) is -0.626. The van der Waals surface area contributed by atoms with Gasteiger partial charge in [-0.2, -0.15) is 0 Å². The van der Waals surface area contributed by atoms with E-state index in [-0.39, 0.29) is 18.1 Å². The minimum absolute atomic E-state index is 0.159. The first-order valence-corrected chi connectivity index (χ1v) is 6.69. The van der Waals surface area contributed by atoms with Crippen LogP contribution in [0.15, 0.2) is 0 Å². The summed E-state index contributed by atoms with van der Waals surface area (Å²) in [6.45, 7) is 0. The summed E-state index contributed by atoms with van der Waals surface area (Å²) in [6, 6.07) is 0. The van der Waals surface area contributed by atoms with Gasteiger partial charge in [0.15, 0.2) is 0 Å². The van der Waals surface area contributed by atoms with Crippen molar-refractivity contribution in [1.82, 2.24) is 0 Å². The molecule has 0 aromatic heterocycles. The van der Waals surface area contributed by atoms with Crippen molar-refractivity contribution < 1.29 is 19.7 Å². The molecule has 17 heavy (non-hydrogen) atoms. The molecule has 3 rings (SSSR count). The zero-order chi connectivity index (χ0) is 12.0. The van der Waals surface area contributed by atoms with Gasteiger partial charge in [0.25, 0.3) is 0 Å². The Morgan fingerprint density at radius 1 is 1.18 bits per heavy atom. The Bertz CT molecular complexity index is 319. The minimum atomic E-state index is -0.675. The molecule has 0 radical (unpaired) electrons. The number of hydrogen-bond donors (Lipinski definition) is 2. The number of aliphatic carboxylic acids is 1. The van der Waals surface area contributed by atoms with E-state index in [9.17, 15) is 15.0 Å². The largest absolute Gasteiger partial charge is 0.481 e. The second-order valence-corrected chi connectivity index (χ2v) is 5.91. The molecule has 4 heteroatoms. The third kappa shape index (κ3) is 1.69. The molecule has 2 heterocycles. The van der Waals surface area contributed by atoms with Crippen LogP contribution in [0.5, 0.6) is 0 Å². The van der Waals surface area contributed by atoms with Gasteiger partial charge >= 0.3 is 5.97 Å². The average Bonchev–Trinajstić information content (AvgIpc) is 2.92. The summed E-state index contributed by atoms with van der Waals surface area (Å²) < 4.78 is 5.81. The van der Waals surface area contributed by atoms with Gasteiger partial charge in [0, 0.05) is 5.92 Å². The van der Waals surface area contributed by atoms with Gasteiger partial charge in [-0.15, -0.1) is 0 Å². The zero-order valence-electron chi connectivity index (χ0n) is 9.97. The molecule has 0 aromatic rings. The lowest BCUT2D eigenvalue weighted by atomic mass is 9.61. The van der Waals surface area contributed by atoms with E-state index in [4.69, 9.17) is 4.74 Å². The fourth-order valence-corrected chi connectivity index (χ4v) is 4.08. The fraction of sp³-hybridized carbons (Fsp3) is 0.923. The van der Waals surface area contributed by atoms with Crippen LogP contribution in [-0.2, 0) is 9.53 Å². The lowest BCUT2D eigenvalue weighted by Gasteiger charge is -2.42. The van der Waals surface area contributed by atoms with Crippen LogP contribution >= 0.6 is 0 Å². The zero-order valence-corrected chi connectivity index (χ0v) is 9.97. The van der Waals surface area contributed by atoms with E-state index in [1.807, 2.05) is 0 Å². The third-order valence-corrected chi connectivity index (χ3v) is 5.09. The molecule has 2 aliphatic heterocycles.